The number of ether oxygens (including phenoxy) is 1. The van der Waals surface area contributed by atoms with E-state index >= 15 is 0 Å². The average molecular weight is 404 g/mol. The van der Waals surface area contributed by atoms with E-state index in [1.807, 2.05) is 22.6 Å². The highest BCUT2D eigenvalue weighted by Crippen LogP contribution is 2.28. The van der Waals surface area contributed by atoms with Crippen molar-refractivity contribution >= 4 is 28.5 Å². The first-order chi connectivity index (χ1) is 10.1. The minimum atomic E-state index is -0.394. The van der Waals surface area contributed by atoms with Crippen molar-refractivity contribution in [2.45, 2.75) is 25.0 Å². The van der Waals surface area contributed by atoms with E-state index in [0.29, 0.717) is 18.7 Å². The largest absolute Gasteiger partial charge is 0.374 e. The first-order valence-corrected chi connectivity index (χ1v) is 8.30. The van der Waals surface area contributed by atoms with Crippen molar-refractivity contribution in [3.63, 3.8) is 0 Å². The van der Waals surface area contributed by atoms with Crippen molar-refractivity contribution in [2.75, 3.05) is 26.2 Å². The lowest BCUT2D eigenvalue weighted by atomic mass is 10.2. The molecule has 6 heteroatoms. The van der Waals surface area contributed by atoms with E-state index in [0.717, 1.165) is 22.7 Å². The molecule has 0 spiro atoms. The Morgan fingerprint density at radius 1 is 1.48 bits per heavy atom. The fraction of sp³-hybridized carbons (Fsp3) is 0.533. The van der Waals surface area contributed by atoms with Gasteiger partial charge < -0.3 is 10.1 Å². The molecule has 2 fully saturated rings. The Hall–Kier alpha value is -0.730. The number of carbonyl (C=O) groups is 1. The minimum Gasteiger partial charge on any atom is -0.374 e. The molecule has 1 atom stereocenters. The molecule has 0 radical (unpaired) electrons. The van der Waals surface area contributed by atoms with E-state index in [1.54, 1.807) is 6.07 Å². The Morgan fingerprint density at radius 2 is 2.29 bits per heavy atom. The molecule has 0 bridgehead atoms. The second kappa shape index (κ2) is 6.58. The van der Waals surface area contributed by atoms with Crippen molar-refractivity contribution in [2.24, 2.45) is 0 Å². The van der Waals surface area contributed by atoms with Gasteiger partial charge in [-0.2, -0.15) is 0 Å². The van der Waals surface area contributed by atoms with Gasteiger partial charge in [0, 0.05) is 29.2 Å². The summed E-state index contributed by atoms with van der Waals surface area (Å²) in [5.41, 5.74) is 0.380. The maximum absolute atomic E-state index is 13.2. The Balaban J connectivity index is 1.54. The van der Waals surface area contributed by atoms with Crippen molar-refractivity contribution in [3.8, 4) is 0 Å². The predicted molar refractivity (Wildman–Crippen MR) is 85.8 cm³/mol. The van der Waals surface area contributed by atoms with E-state index in [2.05, 4.69) is 10.2 Å². The van der Waals surface area contributed by atoms with Crippen LogP contribution in [0.5, 0.6) is 0 Å². The number of rotatable bonds is 4. The van der Waals surface area contributed by atoms with E-state index in [9.17, 15) is 9.18 Å². The van der Waals surface area contributed by atoms with E-state index in [-0.39, 0.29) is 12.0 Å². The summed E-state index contributed by atoms with van der Waals surface area (Å²) in [6, 6.07) is 4.96. The van der Waals surface area contributed by atoms with Gasteiger partial charge in [0.1, 0.15) is 5.82 Å². The second-order valence-corrected chi connectivity index (χ2v) is 6.72. The maximum Gasteiger partial charge on any atom is 0.252 e. The van der Waals surface area contributed by atoms with Gasteiger partial charge in [0.25, 0.3) is 5.91 Å². The molecule has 21 heavy (non-hydrogen) atoms. The zero-order valence-electron chi connectivity index (χ0n) is 11.6. The SMILES string of the molecule is O=C(NCC1CN(C2CC2)CCO1)c1cc(F)ccc1I. The van der Waals surface area contributed by atoms with Gasteiger partial charge in [-0.25, -0.2) is 4.39 Å². The summed E-state index contributed by atoms with van der Waals surface area (Å²) >= 11 is 2.04. The molecule has 1 amide bonds. The molecule has 1 saturated heterocycles. The van der Waals surface area contributed by atoms with Crippen LogP contribution in [0.25, 0.3) is 0 Å². The van der Waals surface area contributed by atoms with Crippen molar-refractivity contribution < 1.29 is 13.9 Å². The Morgan fingerprint density at radius 3 is 3.05 bits per heavy atom. The zero-order chi connectivity index (χ0) is 14.8. The third kappa shape index (κ3) is 3.92. The Kier molecular flexibility index (Phi) is 4.75. The number of hydrogen-bond donors (Lipinski definition) is 1. The number of nitrogens with zero attached hydrogens (tertiary/aromatic N) is 1. The molecule has 1 aliphatic heterocycles. The van der Waals surface area contributed by atoms with Crippen LogP contribution in [0.1, 0.15) is 23.2 Å². The molecule has 1 N–H and O–H groups in total. The monoisotopic (exact) mass is 404 g/mol. The van der Waals surface area contributed by atoms with Gasteiger partial charge in [-0.1, -0.05) is 0 Å². The number of nitrogens with one attached hydrogen (secondary N) is 1. The van der Waals surface area contributed by atoms with Crippen molar-refractivity contribution in [3.05, 3.63) is 33.1 Å². The van der Waals surface area contributed by atoms with Gasteiger partial charge in [-0.3, -0.25) is 9.69 Å². The highest BCUT2D eigenvalue weighted by Gasteiger charge is 2.33. The first-order valence-electron chi connectivity index (χ1n) is 7.22. The lowest BCUT2D eigenvalue weighted by Crippen LogP contribution is -2.48. The van der Waals surface area contributed by atoms with E-state index in [4.69, 9.17) is 4.74 Å². The van der Waals surface area contributed by atoms with Gasteiger partial charge in [-0.05, 0) is 53.6 Å². The minimum absolute atomic E-state index is 0.0227. The third-order valence-electron chi connectivity index (χ3n) is 3.90. The van der Waals surface area contributed by atoms with Crippen LogP contribution in [0.2, 0.25) is 0 Å². The van der Waals surface area contributed by atoms with Crippen LogP contribution in [-0.2, 0) is 4.74 Å². The van der Waals surface area contributed by atoms with Crippen LogP contribution in [0.3, 0.4) is 0 Å². The van der Waals surface area contributed by atoms with E-state index in [1.165, 1.54) is 25.0 Å². The van der Waals surface area contributed by atoms with Crippen LogP contribution in [0.4, 0.5) is 4.39 Å². The summed E-state index contributed by atoms with van der Waals surface area (Å²) in [6.45, 7) is 3.03. The summed E-state index contributed by atoms with van der Waals surface area (Å²) in [6.07, 6.45) is 2.58. The first kappa shape index (κ1) is 15.2. The second-order valence-electron chi connectivity index (χ2n) is 5.55. The number of hydrogen-bond acceptors (Lipinski definition) is 3. The number of halogens is 2. The van der Waals surface area contributed by atoms with Crippen molar-refractivity contribution in [1.82, 2.24) is 10.2 Å². The van der Waals surface area contributed by atoms with Crippen LogP contribution < -0.4 is 5.32 Å². The predicted octanol–water partition coefficient (Wildman–Crippen LogP) is 2.02. The number of morpholine rings is 1. The van der Waals surface area contributed by atoms with Crippen LogP contribution in [0, 0.1) is 9.39 Å². The maximum atomic E-state index is 13.2. The lowest BCUT2D eigenvalue weighted by Gasteiger charge is -2.33. The standard InChI is InChI=1S/C15H18FIN2O2/c16-10-1-4-14(17)13(7-10)15(20)18-8-12-9-19(5-6-21-12)11-2-3-11/h1,4,7,11-12H,2-3,5-6,8-9H2,(H,18,20). The van der Waals surface area contributed by atoms with Gasteiger partial charge >= 0.3 is 0 Å². The van der Waals surface area contributed by atoms with Gasteiger partial charge in [0.15, 0.2) is 0 Å². The highest BCUT2D eigenvalue weighted by atomic mass is 127. The van der Waals surface area contributed by atoms with Crippen molar-refractivity contribution in [1.29, 1.82) is 0 Å². The molecule has 1 heterocycles. The molecule has 1 aromatic rings. The number of carbonyl (C=O) groups excluding carboxylic acids is 1. The average Bonchev–Trinajstić information content (AvgIpc) is 3.32. The summed E-state index contributed by atoms with van der Waals surface area (Å²) < 4.78 is 19.7. The summed E-state index contributed by atoms with van der Waals surface area (Å²) in [4.78, 5) is 14.6. The fourth-order valence-corrected chi connectivity index (χ4v) is 3.19. The molecule has 1 aliphatic carbocycles. The molecular formula is C15H18FIN2O2. The highest BCUT2D eigenvalue weighted by molar-refractivity contribution is 14.1. The van der Waals surface area contributed by atoms with Crippen LogP contribution >= 0.6 is 22.6 Å². The summed E-state index contributed by atoms with van der Waals surface area (Å²) in [7, 11) is 0. The number of amides is 1. The molecule has 4 nitrogen and oxygen atoms in total. The van der Waals surface area contributed by atoms with E-state index < -0.39 is 5.82 Å². The quantitative estimate of drug-likeness (QED) is 0.782. The molecule has 1 unspecified atom stereocenters. The smallest absolute Gasteiger partial charge is 0.252 e. The Bertz CT molecular complexity index is 536. The molecule has 1 aromatic carbocycles. The Labute approximate surface area is 137 Å². The molecular weight excluding hydrogens is 386 g/mol. The normalized spacial score (nSPS) is 23.0. The topological polar surface area (TPSA) is 41.6 Å². The van der Waals surface area contributed by atoms with Gasteiger partial charge in [0.05, 0.1) is 18.3 Å². The fourth-order valence-electron chi connectivity index (χ4n) is 2.61. The molecule has 3 rings (SSSR count). The van der Waals surface area contributed by atoms with Crippen LogP contribution in [-0.4, -0.2) is 49.2 Å². The van der Waals surface area contributed by atoms with Gasteiger partial charge in [0.2, 0.25) is 0 Å². The molecule has 2 aliphatic rings. The third-order valence-corrected chi connectivity index (χ3v) is 4.84. The van der Waals surface area contributed by atoms with Crippen LogP contribution in [0.15, 0.2) is 18.2 Å². The number of benzene rings is 1. The lowest BCUT2D eigenvalue weighted by molar-refractivity contribution is -0.0293. The summed E-state index contributed by atoms with van der Waals surface area (Å²) in [5.74, 6) is -0.638. The zero-order valence-corrected chi connectivity index (χ0v) is 13.8. The molecule has 114 valence electrons. The molecule has 1 saturated carbocycles. The van der Waals surface area contributed by atoms with Gasteiger partial charge in [-0.15, -0.1) is 0 Å². The molecule has 0 aromatic heterocycles. The summed E-state index contributed by atoms with van der Waals surface area (Å²) in [5, 5.41) is 2.85.